The number of benzene rings is 1. The van der Waals surface area contributed by atoms with E-state index in [0.717, 1.165) is 5.56 Å². The van der Waals surface area contributed by atoms with Crippen LogP contribution >= 0.6 is 23.2 Å². The first-order valence-electron chi connectivity index (χ1n) is 6.64. The number of nitrogens with zero attached hydrogens (tertiary/aromatic N) is 2. The first-order valence-corrected chi connectivity index (χ1v) is 7.40. The maximum Gasteiger partial charge on any atom is 0.269 e. The molecule has 3 rings (SSSR count). The van der Waals surface area contributed by atoms with Crippen LogP contribution in [0.1, 0.15) is 12.5 Å². The zero-order chi connectivity index (χ0) is 15.9. The van der Waals surface area contributed by atoms with Crippen molar-refractivity contribution in [2.45, 2.75) is 19.6 Å². The third kappa shape index (κ3) is 2.69. The Morgan fingerprint density at radius 2 is 2.05 bits per heavy atom. The summed E-state index contributed by atoms with van der Waals surface area (Å²) in [5.41, 5.74) is 6.56. The number of pyridine rings is 1. The summed E-state index contributed by atoms with van der Waals surface area (Å²) in [6.45, 7) is 2.01. The molecule has 2 aromatic rings. The minimum atomic E-state index is -0.583. The highest BCUT2D eigenvalue weighted by Gasteiger charge is 2.32. The Balaban J connectivity index is 1.99. The van der Waals surface area contributed by atoms with Gasteiger partial charge in [0.05, 0.1) is 16.6 Å². The van der Waals surface area contributed by atoms with Gasteiger partial charge in [0.2, 0.25) is 0 Å². The van der Waals surface area contributed by atoms with Crippen molar-refractivity contribution in [3.63, 3.8) is 0 Å². The van der Waals surface area contributed by atoms with E-state index in [2.05, 4.69) is 4.98 Å². The Labute approximate surface area is 137 Å². The number of amides is 1. The summed E-state index contributed by atoms with van der Waals surface area (Å²) in [5, 5.41) is 0.906. The Morgan fingerprint density at radius 1 is 1.27 bits per heavy atom. The van der Waals surface area contributed by atoms with Crippen molar-refractivity contribution in [1.82, 2.24) is 4.98 Å². The van der Waals surface area contributed by atoms with Crippen LogP contribution in [-0.4, -0.2) is 17.0 Å². The van der Waals surface area contributed by atoms with Crippen LogP contribution < -0.4 is 15.4 Å². The molecule has 114 valence electrons. The maximum atomic E-state index is 12.4. The lowest BCUT2D eigenvalue weighted by molar-refractivity contribution is -0.125. The van der Waals surface area contributed by atoms with E-state index in [0.29, 0.717) is 34.0 Å². The van der Waals surface area contributed by atoms with Crippen LogP contribution in [0.4, 0.5) is 11.6 Å². The second kappa shape index (κ2) is 5.66. The van der Waals surface area contributed by atoms with Gasteiger partial charge in [0.15, 0.2) is 17.7 Å². The highest BCUT2D eigenvalue weighted by molar-refractivity contribution is 6.42. The Hall–Kier alpha value is -1.98. The van der Waals surface area contributed by atoms with Crippen molar-refractivity contribution in [2.24, 2.45) is 0 Å². The fourth-order valence-electron chi connectivity index (χ4n) is 2.27. The number of aromatic nitrogens is 1. The van der Waals surface area contributed by atoms with Crippen molar-refractivity contribution in [1.29, 1.82) is 0 Å². The first-order chi connectivity index (χ1) is 10.5. The molecule has 0 aliphatic carbocycles. The molecule has 0 spiro atoms. The van der Waals surface area contributed by atoms with E-state index in [-0.39, 0.29) is 5.91 Å². The van der Waals surface area contributed by atoms with E-state index >= 15 is 0 Å². The normalized spacial score (nSPS) is 17.1. The largest absolute Gasteiger partial charge is 0.477 e. The predicted molar refractivity (Wildman–Crippen MR) is 86.4 cm³/mol. The molecule has 1 aromatic carbocycles. The SMILES string of the molecule is CC1Oc2ccc(N)nc2N(Cc2ccc(Cl)c(Cl)c2)C1=O. The van der Waals surface area contributed by atoms with Gasteiger partial charge in [0.25, 0.3) is 5.91 Å². The van der Waals surface area contributed by atoms with Crippen LogP contribution in [-0.2, 0) is 11.3 Å². The second-order valence-corrected chi connectivity index (χ2v) is 5.81. The molecule has 2 N–H and O–H groups in total. The summed E-state index contributed by atoms with van der Waals surface area (Å²) in [6.07, 6.45) is -0.583. The molecule has 1 aliphatic heterocycles. The topological polar surface area (TPSA) is 68.5 Å². The van der Waals surface area contributed by atoms with Crippen molar-refractivity contribution in [3.8, 4) is 5.75 Å². The number of ether oxygens (including phenoxy) is 1. The molecule has 7 heteroatoms. The molecule has 0 radical (unpaired) electrons. The number of carbonyl (C=O) groups excluding carboxylic acids is 1. The Kier molecular flexibility index (Phi) is 3.85. The zero-order valence-electron chi connectivity index (χ0n) is 11.7. The molecule has 1 aromatic heterocycles. The zero-order valence-corrected chi connectivity index (χ0v) is 13.2. The number of carbonyl (C=O) groups is 1. The van der Waals surface area contributed by atoms with Crippen LogP contribution in [0.5, 0.6) is 5.75 Å². The molecule has 1 unspecified atom stereocenters. The summed E-state index contributed by atoms with van der Waals surface area (Å²) in [6, 6.07) is 8.58. The number of rotatable bonds is 2. The molecule has 0 saturated heterocycles. The summed E-state index contributed by atoms with van der Waals surface area (Å²) in [5.74, 6) is 1.08. The van der Waals surface area contributed by atoms with E-state index in [9.17, 15) is 4.79 Å². The molecule has 0 fully saturated rings. The van der Waals surface area contributed by atoms with Gasteiger partial charge in [0, 0.05) is 0 Å². The van der Waals surface area contributed by atoms with Crippen LogP contribution in [0.3, 0.4) is 0 Å². The molecule has 1 amide bonds. The van der Waals surface area contributed by atoms with Crippen molar-refractivity contribution in [3.05, 3.63) is 45.9 Å². The third-order valence-electron chi connectivity index (χ3n) is 3.36. The number of halogens is 2. The lowest BCUT2D eigenvalue weighted by Crippen LogP contribution is -2.44. The second-order valence-electron chi connectivity index (χ2n) is 4.99. The number of nitrogen functional groups attached to an aromatic ring is 1. The van der Waals surface area contributed by atoms with E-state index in [4.69, 9.17) is 33.7 Å². The van der Waals surface area contributed by atoms with E-state index in [1.807, 2.05) is 6.07 Å². The van der Waals surface area contributed by atoms with E-state index in [1.54, 1.807) is 36.1 Å². The highest BCUT2D eigenvalue weighted by Crippen LogP contribution is 2.34. The van der Waals surface area contributed by atoms with Gasteiger partial charge >= 0.3 is 0 Å². The van der Waals surface area contributed by atoms with E-state index < -0.39 is 6.10 Å². The maximum absolute atomic E-state index is 12.4. The monoisotopic (exact) mass is 337 g/mol. The Morgan fingerprint density at radius 3 is 2.77 bits per heavy atom. The van der Waals surface area contributed by atoms with Gasteiger partial charge in [0.1, 0.15) is 5.82 Å². The number of hydrogen-bond acceptors (Lipinski definition) is 4. The highest BCUT2D eigenvalue weighted by atomic mass is 35.5. The third-order valence-corrected chi connectivity index (χ3v) is 4.10. The van der Waals surface area contributed by atoms with Crippen molar-refractivity contribution < 1.29 is 9.53 Å². The molecule has 0 bridgehead atoms. The van der Waals surface area contributed by atoms with Gasteiger partial charge in [-0.05, 0) is 36.8 Å². The van der Waals surface area contributed by atoms with Crippen LogP contribution in [0.2, 0.25) is 10.0 Å². The van der Waals surface area contributed by atoms with Gasteiger partial charge < -0.3 is 10.5 Å². The van der Waals surface area contributed by atoms with Crippen LogP contribution in [0, 0.1) is 0 Å². The van der Waals surface area contributed by atoms with Crippen LogP contribution in [0.25, 0.3) is 0 Å². The molecule has 0 saturated carbocycles. The van der Waals surface area contributed by atoms with Crippen LogP contribution in [0.15, 0.2) is 30.3 Å². The molecular formula is C15H13Cl2N3O2. The number of anilines is 2. The minimum absolute atomic E-state index is 0.184. The Bertz CT molecular complexity index is 752. The van der Waals surface area contributed by atoms with Gasteiger partial charge in [-0.25, -0.2) is 4.98 Å². The standard InChI is InChI=1S/C15H13Cl2N3O2/c1-8-15(21)20(7-9-2-3-10(16)11(17)6-9)14-12(22-8)4-5-13(18)19-14/h2-6,8H,7H2,1H3,(H2,18,19). The van der Waals surface area contributed by atoms with E-state index in [1.165, 1.54) is 0 Å². The predicted octanol–water partition coefficient (Wildman–Crippen LogP) is 3.28. The number of nitrogens with two attached hydrogens (primary N) is 1. The average molecular weight is 338 g/mol. The van der Waals surface area contributed by atoms with Gasteiger partial charge in [-0.15, -0.1) is 0 Å². The van der Waals surface area contributed by atoms with Crippen molar-refractivity contribution >= 4 is 40.7 Å². The summed E-state index contributed by atoms with van der Waals surface area (Å²) in [7, 11) is 0. The van der Waals surface area contributed by atoms with Gasteiger partial charge in [-0.1, -0.05) is 29.3 Å². The molecule has 5 nitrogen and oxygen atoms in total. The smallest absolute Gasteiger partial charge is 0.269 e. The fourth-order valence-corrected chi connectivity index (χ4v) is 2.59. The molecule has 22 heavy (non-hydrogen) atoms. The summed E-state index contributed by atoms with van der Waals surface area (Å²) in [4.78, 5) is 18.2. The number of hydrogen-bond donors (Lipinski definition) is 1. The lowest BCUT2D eigenvalue weighted by atomic mass is 10.1. The summed E-state index contributed by atoms with van der Waals surface area (Å²) < 4.78 is 5.55. The minimum Gasteiger partial charge on any atom is -0.477 e. The molecule has 1 atom stereocenters. The molecule has 1 aliphatic rings. The lowest BCUT2D eigenvalue weighted by Gasteiger charge is -2.32. The molecular weight excluding hydrogens is 325 g/mol. The molecule has 2 heterocycles. The van der Waals surface area contributed by atoms with Gasteiger partial charge in [-0.3, -0.25) is 9.69 Å². The van der Waals surface area contributed by atoms with Gasteiger partial charge in [-0.2, -0.15) is 0 Å². The first kappa shape index (κ1) is 14.9. The number of fused-ring (bicyclic) bond motifs is 1. The fraction of sp³-hybridized carbons (Fsp3) is 0.200. The van der Waals surface area contributed by atoms with Crippen molar-refractivity contribution in [2.75, 3.05) is 10.6 Å². The summed E-state index contributed by atoms with van der Waals surface area (Å²) >= 11 is 11.9. The average Bonchev–Trinajstić information content (AvgIpc) is 2.48. The quantitative estimate of drug-likeness (QED) is 0.912.